The molecule has 236 valence electrons. The second-order valence-corrected chi connectivity index (χ2v) is 11.9. The van der Waals surface area contributed by atoms with Gasteiger partial charge in [-0.1, -0.05) is 37.6 Å². The van der Waals surface area contributed by atoms with E-state index in [2.05, 4.69) is 34.4 Å². The Morgan fingerprint density at radius 1 is 1.16 bits per heavy atom. The summed E-state index contributed by atoms with van der Waals surface area (Å²) in [4.78, 5) is 31.4. The number of benzene rings is 1. The summed E-state index contributed by atoms with van der Waals surface area (Å²) in [5.74, 6) is -0.604. The lowest BCUT2D eigenvalue weighted by atomic mass is 10.0. The van der Waals surface area contributed by atoms with Crippen LogP contribution in [0, 0.1) is 13.8 Å². The Bertz CT molecular complexity index is 1510. The number of aryl methyl sites for hydroxylation is 1. The molecule has 4 N–H and O–H groups in total. The molecule has 43 heavy (non-hydrogen) atoms. The Balaban J connectivity index is 0.00000119. The number of allylic oxidation sites excluding steroid dienone is 3. The number of carbonyl (C=O) groups is 2. The van der Waals surface area contributed by atoms with Crippen LogP contribution in [0.4, 0.5) is 18.9 Å². The van der Waals surface area contributed by atoms with Crippen LogP contribution in [-0.4, -0.2) is 73.5 Å². The lowest BCUT2D eigenvalue weighted by Gasteiger charge is -2.18. The Morgan fingerprint density at radius 2 is 1.79 bits per heavy atom. The fraction of sp³-hybridized carbons (Fsp3) is 0.400. The zero-order valence-corrected chi connectivity index (χ0v) is 26.0. The van der Waals surface area contributed by atoms with Gasteiger partial charge >= 0.3 is 6.36 Å². The number of amides is 2. The monoisotopic (exact) mass is 624 g/mol. The number of aliphatic hydroxyl groups is 1. The van der Waals surface area contributed by atoms with Crippen molar-refractivity contribution in [2.24, 2.45) is 0 Å². The van der Waals surface area contributed by atoms with Gasteiger partial charge < -0.3 is 25.6 Å². The maximum atomic E-state index is 13.1. The Labute approximate surface area is 250 Å². The van der Waals surface area contributed by atoms with E-state index in [0.717, 1.165) is 25.2 Å². The number of hydrogen-bond donors (Lipinski definition) is 4. The highest BCUT2D eigenvalue weighted by atomic mass is 32.2. The average Bonchev–Trinajstić information content (AvgIpc) is 3.37. The molecular formula is C30H39F3N4O5S. The van der Waals surface area contributed by atoms with Crippen LogP contribution in [0.5, 0.6) is 0 Å². The van der Waals surface area contributed by atoms with Crippen molar-refractivity contribution in [2.45, 2.75) is 52.8 Å². The van der Waals surface area contributed by atoms with Gasteiger partial charge in [-0.05, 0) is 70.6 Å². The molecule has 2 heterocycles. The summed E-state index contributed by atoms with van der Waals surface area (Å²) in [6.45, 7) is 14.6. The van der Waals surface area contributed by atoms with Crippen molar-refractivity contribution in [2.75, 3.05) is 37.2 Å². The number of nitrogens with one attached hydrogen (secondary N) is 3. The molecule has 1 aliphatic heterocycles. The highest BCUT2D eigenvalue weighted by molar-refractivity contribution is 7.91. The van der Waals surface area contributed by atoms with Gasteiger partial charge in [-0.2, -0.15) is 0 Å². The van der Waals surface area contributed by atoms with Crippen molar-refractivity contribution in [1.82, 2.24) is 15.2 Å². The highest BCUT2D eigenvalue weighted by Crippen LogP contribution is 2.36. The van der Waals surface area contributed by atoms with E-state index in [9.17, 15) is 31.2 Å². The van der Waals surface area contributed by atoms with E-state index in [0.29, 0.717) is 45.9 Å². The number of fused-ring (bicyclic) bond motifs is 1. The third kappa shape index (κ3) is 10.2. The lowest BCUT2D eigenvalue weighted by Crippen LogP contribution is -2.35. The highest BCUT2D eigenvalue weighted by Gasteiger charge is 2.28. The van der Waals surface area contributed by atoms with Crippen molar-refractivity contribution < 1.29 is 36.3 Å². The zero-order chi connectivity index (χ0) is 32.5. The van der Waals surface area contributed by atoms with Crippen molar-refractivity contribution in [3.05, 3.63) is 70.1 Å². The van der Waals surface area contributed by atoms with Gasteiger partial charge in [0.15, 0.2) is 9.84 Å². The number of carbonyl (C=O) groups excluding carboxylic acids is 2. The van der Waals surface area contributed by atoms with Crippen LogP contribution in [0.3, 0.4) is 0 Å². The maximum absolute atomic E-state index is 13.1. The molecule has 3 rings (SSSR count). The molecule has 0 aliphatic carbocycles. The van der Waals surface area contributed by atoms with Crippen molar-refractivity contribution in [3.8, 4) is 0 Å². The van der Waals surface area contributed by atoms with Gasteiger partial charge in [-0.25, -0.2) is 8.42 Å². The molecule has 9 nitrogen and oxygen atoms in total. The minimum absolute atomic E-state index is 0.113. The van der Waals surface area contributed by atoms with Gasteiger partial charge in [0.2, 0.25) is 0 Å². The Morgan fingerprint density at radius 3 is 2.37 bits per heavy atom. The molecule has 1 aromatic carbocycles. The van der Waals surface area contributed by atoms with E-state index in [1.807, 2.05) is 26.8 Å². The van der Waals surface area contributed by atoms with Gasteiger partial charge in [0.25, 0.3) is 11.8 Å². The SMILES string of the molecule is C/C=C\C=C(/C)CS(=O)(=O)c1ccc2c(c1)/C(=C\c1[nH]c(C)c(C(=O)NCCN(CC)CC)c1C)C(=O)N2.OC(F)(F)F. The molecular weight excluding hydrogens is 585 g/mol. The van der Waals surface area contributed by atoms with Crippen LogP contribution >= 0.6 is 0 Å². The maximum Gasteiger partial charge on any atom is 0.519 e. The van der Waals surface area contributed by atoms with Gasteiger partial charge in [0.05, 0.1) is 21.8 Å². The molecule has 1 aliphatic rings. The minimum Gasteiger partial charge on any atom is -0.358 e. The summed E-state index contributed by atoms with van der Waals surface area (Å²) >= 11 is 0. The second-order valence-electron chi connectivity index (χ2n) is 9.93. The molecule has 0 saturated heterocycles. The number of aromatic amines is 1. The van der Waals surface area contributed by atoms with Crippen LogP contribution in [0.1, 0.15) is 60.6 Å². The molecule has 2 amide bonds. The molecule has 2 aromatic rings. The molecule has 0 atom stereocenters. The van der Waals surface area contributed by atoms with E-state index in [-0.39, 0.29) is 22.5 Å². The molecule has 13 heteroatoms. The zero-order valence-electron chi connectivity index (χ0n) is 25.1. The normalized spacial score (nSPS) is 14.6. The number of anilines is 1. The van der Waals surface area contributed by atoms with Crippen molar-refractivity contribution in [3.63, 3.8) is 0 Å². The molecule has 0 radical (unpaired) electrons. The predicted octanol–water partition coefficient (Wildman–Crippen LogP) is 4.99. The van der Waals surface area contributed by atoms with Crippen LogP contribution in [0.15, 0.2) is 46.9 Å². The third-order valence-corrected chi connectivity index (χ3v) is 8.53. The summed E-state index contributed by atoms with van der Waals surface area (Å²) in [7, 11) is -3.60. The van der Waals surface area contributed by atoms with E-state index in [1.165, 1.54) is 6.07 Å². The third-order valence-electron chi connectivity index (χ3n) is 6.72. The van der Waals surface area contributed by atoms with Crippen molar-refractivity contribution in [1.29, 1.82) is 0 Å². The van der Waals surface area contributed by atoms with Crippen LogP contribution < -0.4 is 10.6 Å². The number of nitrogens with zero attached hydrogens (tertiary/aromatic N) is 1. The fourth-order valence-electron chi connectivity index (χ4n) is 4.55. The molecule has 0 fully saturated rings. The van der Waals surface area contributed by atoms with Gasteiger partial charge in [0.1, 0.15) is 0 Å². The van der Waals surface area contributed by atoms with Crippen LogP contribution in [-0.2, 0) is 14.6 Å². The first kappa shape index (κ1) is 35.5. The molecule has 0 spiro atoms. The quantitative estimate of drug-likeness (QED) is 0.206. The summed E-state index contributed by atoms with van der Waals surface area (Å²) in [5.41, 5.74) is 4.74. The number of halogens is 3. The Kier molecular flexibility index (Phi) is 12.5. The standard InChI is InChI=1S/C29H38N4O4S.CHF3O/c1-7-10-11-19(4)18-38(36,37)22-12-13-25-23(16-22)24(28(34)32-25)17-26-20(5)27(21(6)31-26)29(35)30-14-15-33(8-2)9-3;2-1(3,4)5/h7,10-13,16-17,31H,8-9,14-15,18H2,1-6H3,(H,30,35)(H,32,34);5H/b10-7-,19-11+,24-17+;. The fourth-order valence-corrected chi connectivity index (χ4v) is 5.99. The number of hydrogen-bond acceptors (Lipinski definition) is 6. The van der Waals surface area contributed by atoms with E-state index < -0.39 is 16.2 Å². The molecule has 1 aromatic heterocycles. The first-order valence-electron chi connectivity index (χ1n) is 13.7. The number of rotatable bonds is 11. The number of sulfone groups is 1. The lowest BCUT2D eigenvalue weighted by molar-refractivity contribution is -0.295. The predicted molar refractivity (Wildman–Crippen MR) is 162 cm³/mol. The average molecular weight is 625 g/mol. The molecule has 0 bridgehead atoms. The smallest absolute Gasteiger partial charge is 0.358 e. The van der Waals surface area contributed by atoms with Gasteiger partial charge in [-0.15, -0.1) is 13.2 Å². The number of alkyl halides is 3. The summed E-state index contributed by atoms with van der Waals surface area (Å²) in [6.07, 6.45) is 2.10. The number of likely N-dealkylation sites (N-methyl/N-ethyl adjacent to an activating group) is 1. The van der Waals surface area contributed by atoms with Gasteiger partial charge in [0, 0.05) is 35.7 Å². The van der Waals surface area contributed by atoms with E-state index in [1.54, 1.807) is 37.3 Å². The first-order chi connectivity index (χ1) is 20.0. The van der Waals surface area contributed by atoms with Gasteiger partial charge in [-0.3, -0.25) is 9.59 Å². The largest absolute Gasteiger partial charge is 0.519 e. The van der Waals surface area contributed by atoms with Crippen molar-refractivity contribution >= 4 is 39.0 Å². The topological polar surface area (TPSA) is 132 Å². The second kappa shape index (κ2) is 15.2. The number of aromatic nitrogens is 1. The summed E-state index contributed by atoms with van der Waals surface area (Å²) in [6, 6.07) is 4.68. The first-order valence-corrected chi connectivity index (χ1v) is 15.3. The Hall–Kier alpha value is -3.68. The minimum atomic E-state index is -5.00. The number of H-pyrrole nitrogens is 1. The van der Waals surface area contributed by atoms with Crippen LogP contribution in [0.2, 0.25) is 0 Å². The summed E-state index contributed by atoms with van der Waals surface area (Å²) in [5, 5.41) is 12.3. The molecule has 0 unspecified atom stereocenters. The summed E-state index contributed by atoms with van der Waals surface area (Å²) < 4.78 is 55.8. The van der Waals surface area contributed by atoms with E-state index in [4.69, 9.17) is 5.11 Å². The van der Waals surface area contributed by atoms with Crippen LogP contribution in [0.25, 0.3) is 11.6 Å². The van der Waals surface area contributed by atoms with E-state index >= 15 is 0 Å². The molecule has 0 saturated carbocycles.